The Morgan fingerprint density at radius 3 is 2.63 bits per heavy atom. The Bertz CT molecular complexity index is 865. The summed E-state index contributed by atoms with van der Waals surface area (Å²) in [6, 6.07) is 6.89. The predicted octanol–water partition coefficient (Wildman–Crippen LogP) is 3.34. The molecule has 1 aromatic heterocycles. The third kappa shape index (κ3) is 4.43. The molecule has 0 aliphatic carbocycles. The Hall–Kier alpha value is -2.09. The lowest BCUT2D eigenvalue weighted by molar-refractivity contribution is -0.922. The van der Waals surface area contributed by atoms with Crippen LogP contribution < -0.4 is 16.4 Å². The molecule has 4 N–H and O–H groups in total. The third-order valence-electron chi connectivity index (χ3n) is 5.12. The Morgan fingerprint density at radius 2 is 2.00 bits per heavy atom. The normalized spacial score (nSPS) is 18.6. The van der Waals surface area contributed by atoms with Gasteiger partial charge in [0.05, 0.1) is 30.6 Å². The molecule has 0 fully saturated rings. The first-order valence-electron chi connectivity index (χ1n) is 8.88. The maximum Gasteiger partial charge on any atom is 0.320 e. The van der Waals surface area contributed by atoms with E-state index in [2.05, 4.69) is 24.6 Å². The number of anilines is 1. The number of carbonyl (C=O) groups is 2. The monoisotopic (exact) mass is 407 g/mol. The van der Waals surface area contributed by atoms with Crippen molar-refractivity contribution in [1.29, 1.82) is 0 Å². The molecular formula is C19H24ClN4O2S+. The smallest absolute Gasteiger partial charge is 0.320 e. The highest BCUT2D eigenvalue weighted by molar-refractivity contribution is 7.17. The van der Waals surface area contributed by atoms with E-state index in [1.165, 1.54) is 11.3 Å². The van der Waals surface area contributed by atoms with Gasteiger partial charge >= 0.3 is 6.03 Å². The van der Waals surface area contributed by atoms with Crippen molar-refractivity contribution in [3.8, 4) is 0 Å². The Balaban J connectivity index is 1.73. The third-order valence-corrected chi connectivity index (χ3v) is 6.51. The second-order valence-electron chi connectivity index (χ2n) is 7.07. The maximum atomic E-state index is 12.3. The van der Waals surface area contributed by atoms with Crippen molar-refractivity contribution in [2.24, 2.45) is 5.73 Å². The number of primary amides is 1. The van der Waals surface area contributed by atoms with Gasteiger partial charge in [-0.05, 0) is 30.2 Å². The van der Waals surface area contributed by atoms with Crippen molar-refractivity contribution in [2.75, 3.05) is 25.5 Å². The van der Waals surface area contributed by atoms with Crippen molar-refractivity contribution in [3.63, 3.8) is 0 Å². The first-order chi connectivity index (χ1) is 12.8. The van der Waals surface area contributed by atoms with Crippen molar-refractivity contribution in [3.05, 3.63) is 50.9 Å². The number of nitrogens with zero attached hydrogens (tertiary/aromatic N) is 1. The average molecular weight is 408 g/mol. The summed E-state index contributed by atoms with van der Waals surface area (Å²) in [5.41, 5.74) is 8.00. The van der Waals surface area contributed by atoms with Crippen LogP contribution in [0.15, 0.2) is 24.3 Å². The zero-order valence-electron chi connectivity index (χ0n) is 15.5. The van der Waals surface area contributed by atoms with Gasteiger partial charge in [0.2, 0.25) is 0 Å². The molecular weight excluding hydrogens is 384 g/mol. The molecule has 144 valence electrons. The van der Waals surface area contributed by atoms with E-state index < -0.39 is 5.91 Å². The molecule has 1 aliphatic rings. The van der Waals surface area contributed by atoms with Gasteiger partial charge in [-0.3, -0.25) is 10.1 Å². The molecule has 1 aliphatic heterocycles. The standard InChI is InChI=1S/C19H23ClN4O2S/c1-3-24(2)9-8-14-15(11-24)27-18(16(14)17(21)25)23-19(26)22-10-12-4-6-13(20)7-5-12/h4-7H,3,8-11H2,1-2H3,(H3-,21,22,23,25,26)/p+1. The summed E-state index contributed by atoms with van der Waals surface area (Å²) in [6.07, 6.45) is 0.794. The molecule has 0 radical (unpaired) electrons. The SMILES string of the molecule is CC[N+]1(C)CCc2c(sc(NC(=O)NCc3ccc(Cl)cc3)c2C(N)=O)C1. The number of hydrogen-bond acceptors (Lipinski definition) is 3. The molecule has 2 heterocycles. The largest absolute Gasteiger partial charge is 0.365 e. The van der Waals surface area contributed by atoms with Gasteiger partial charge < -0.3 is 15.5 Å². The van der Waals surface area contributed by atoms with E-state index in [4.69, 9.17) is 17.3 Å². The number of carbonyl (C=O) groups excluding carboxylic acids is 2. The Kier molecular flexibility index (Phi) is 5.74. The van der Waals surface area contributed by atoms with Crippen molar-refractivity contribution in [2.45, 2.75) is 26.4 Å². The lowest BCUT2D eigenvalue weighted by Crippen LogP contribution is -2.47. The second-order valence-corrected chi connectivity index (χ2v) is 8.62. The van der Waals surface area contributed by atoms with Gasteiger partial charge in [-0.1, -0.05) is 23.7 Å². The highest BCUT2D eigenvalue weighted by Gasteiger charge is 2.33. The number of amides is 3. The summed E-state index contributed by atoms with van der Waals surface area (Å²) < 4.78 is 0.925. The van der Waals surface area contributed by atoms with E-state index in [1.807, 2.05) is 12.1 Å². The van der Waals surface area contributed by atoms with Gasteiger partial charge in [0.25, 0.3) is 5.91 Å². The quantitative estimate of drug-likeness (QED) is 0.664. The lowest BCUT2D eigenvalue weighted by atomic mass is 10.0. The molecule has 27 heavy (non-hydrogen) atoms. The molecule has 0 bridgehead atoms. The highest BCUT2D eigenvalue weighted by atomic mass is 35.5. The molecule has 0 saturated carbocycles. The molecule has 6 nitrogen and oxygen atoms in total. The highest BCUT2D eigenvalue weighted by Crippen LogP contribution is 2.38. The summed E-state index contributed by atoms with van der Waals surface area (Å²) in [5.74, 6) is -0.492. The molecule has 3 rings (SSSR count). The Morgan fingerprint density at radius 1 is 1.30 bits per heavy atom. The van der Waals surface area contributed by atoms with Crippen molar-refractivity contribution >= 4 is 39.9 Å². The topological polar surface area (TPSA) is 84.2 Å². The van der Waals surface area contributed by atoms with E-state index in [1.54, 1.807) is 12.1 Å². The van der Waals surface area contributed by atoms with Crippen LogP contribution in [0.2, 0.25) is 5.02 Å². The molecule has 0 spiro atoms. The zero-order chi connectivity index (χ0) is 19.6. The molecule has 3 amide bonds. The van der Waals surface area contributed by atoms with Crippen LogP contribution >= 0.6 is 22.9 Å². The molecule has 1 atom stereocenters. The van der Waals surface area contributed by atoms with E-state index in [-0.39, 0.29) is 6.03 Å². The molecule has 2 aromatic rings. The minimum Gasteiger partial charge on any atom is -0.365 e. The van der Waals surface area contributed by atoms with Crippen LogP contribution in [-0.4, -0.2) is 36.6 Å². The summed E-state index contributed by atoms with van der Waals surface area (Å²) in [4.78, 5) is 25.5. The second kappa shape index (κ2) is 7.88. The number of quaternary nitrogens is 1. The number of benzene rings is 1. The first kappa shape index (κ1) is 19.7. The fourth-order valence-corrected chi connectivity index (χ4v) is 4.81. The van der Waals surface area contributed by atoms with Gasteiger partial charge in [-0.25, -0.2) is 4.79 Å². The minimum absolute atomic E-state index is 0.362. The van der Waals surface area contributed by atoms with Crippen LogP contribution in [-0.2, 0) is 19.5 Å². The number of halogens is 1. The summed E-state index contributed by atoms with van der Waals surface area (Å²) >= 11 is 7.32. The summed E-state index contributed by atoms with van der Waals surface area (Å²) in [7, 11) is 2.21. The van der Waals surface area contributed by atoms with Crippen LogP contribution in [0.5, 0.6) is 0 Å². The van der Waals surface area contributed by atoms with Crippen molar-refractivity contribution < 1.29 is 14.1 Å². The van der Waals surface area contributed by atoms with E-state index >= 15 is 0 Å². The van der Waals surface area contributed by atoms with Crippen LogP contribution in [0.1, 0.15) is 33.3 Å². The molecule has 0 saturated heterocycles. The number of fused-ring (bicyclic) bond motifs is 1. The number of likely N-dealkylation sites (N-methyl/N-ethyl adjacent to an activating group) is 1. The molecule has 1 aromatic carbocycles. The van der Waals surface area contributed by atoms with Crippen LogP contribution in [0, 0.1) is 0 Å². The van der Waals surface area contributed by atoms with E-state index in [9.17, 15) is 9.59 Å². The number of hydrogen-bond donors (Lipinski definition) is 3. The number of urea groups is 1. The summed E-state index contributed by atoms with van der Waals surface area (Å²) in [5, 5.41) is 6.79. The number of nitrogens with one attached hydrogen (secondary N) is 2. The number of nitrogens with two attached hydrogens (primary N) is 1. The van der Waals surface area contributed by atoms with Gasteiger partial charge in [-0.15, -0.1) is 11.3 Å². The first-order valence-corrected chi connectivity index (χ1v) is 10.1. The predicted molar refractivity (Wildman–Crippen MR) is 109 cm³/mol. The minimum atomic E-state index is -0.492. The molecule has 8 heteroatoms. The number of rotatable bonds is 5. The summed E-state index contributed by atoms with van der Waals surface area (Å²) in [6.45, 7) is 5.36. The maximum absolute atomic E-state index is 12.3. The Labute approximate surface area is 167 Å². The van der Waals surface area contributed by atoms with Gasteiger partial charge in [0.1, 0.15) is 11.5 Å². The number of thiophene rings is 1. The van der Waals surface area contributed by atoms with Crippen LogP contribution in [0.3, 0.4) is 0 Å². The zero-order valence-corrected chi connectivity index (χ0v) is 17.0. The van der Waals surface area contributed by atoms with Gasteiger partial charge in [0.15, 0.2) is 0 Å². The fraction of sp³-hybridized carbons (Fsp3) is 0.368. The average Bonchev–Trinajstić information content (AvgIpc) is 2.98. The van der Waals surface area contributed by atoms with E-state index in [0.29, 0.717) is 22.1 Å². The van der Waals surface area contributed by atoms with Crippen molar-refractivity contribution in [1.82, 2.24) is 5.32 Å². The van der Waals surface area contributed by atoms with Gasteiger partial charge in [0, 0.05) is 18.0 Å². The molecule has 1 unspecified atom stereocenters. The van der Waals surface area contributed by atoms with Gasteiger partial charge in [-0.2, -0.15) is 0 Å². The van der Waals surface area contributed by atoms with Crippen LogP contribution in [0.4, 0.5) is 9.80 Å². The van der Waals surface area contributed by atoms with E-state index in [0.717, 1.165) is 46.5 Å². The lowest BCUT2D eigenvalue weighted by Gasteiger charge is -2.36. The van der Waals surface area contributed by atoms with Crippen LogP contribution in [0.25, 0.3) is 0 Å². The fourth-order valence-electron chi connectivity index (χ4n) is 3.26.